The first kappa shape index (κ1) is 11.4. The van der Waals surface area contributed by atoms with E-state index in [0.717, 1.165) is 16.7 Å². The monoisotopic (exact) mass is 254 g/mol. The van der Waals surface area contributed by atoms with Gasteiger partial charge in [-0.3, -0.25) is 0 Å². The van der Waals surface area contributed by atoms with E-state index in [-0.39, 0.29) is 5.02 Å². The Balaban J connectivity index is 2.63. The Labute approximate surface area is 104 Å². The van der Waals surface area contributed by atoms with E-state index in [1.165, 1.54) is 6.07 Å². The van der Waals surface area contributed by atoms with Crippen LogP contribution in [0.4, 0.5) is 4.39 Å². The molecule has 0 radical (unpaired) electrons. The average molecular weight is 255 g/mol. The van der Waals surface area contributed by atoms with E-state index in [1.807, 2.05) is 19.1 Å². The second kappa shape index (κ2) is 4.44. The molecule has 0 saturated carbocycles. The molecule has 0 N–H and O–H groups in total. The van der Waals surface area contributed by atoms with Crippen LogP contribution in [0.5, 0.6) is 0 Å². The summed E-state index contributed by atoms with van der Waals surface area (Å²) in [5, 5.41) is 0.750. The van der Waals surface area contributed by atoms with E-state index in [9.17, 15) is 4.39 Å². The van der Waals surface area contributed by atoms with E-state index < -0.39 is 5.82 Å². The fourth-order valence-corrected chi connectivity index (χ4v) is 2.16. The maximum Gasteiger partial charge on any atom is 0.141 e. The minimum atomic E-state index is -0.421. The third-order valence-electron chi connectivity index (χ3n) is 2.43. The molecule has 0 nitrogen and oxygen atoms in total. The predicted molar refractivity (Wildman–Crippen MR) is 66.6 cm³/mol. The lowest BCUT2D eigenvalue weighted by Crippen LogP contribution is -1.86. The van der Waals surface area contributed by atoms with E-state index in [1.54, 1.807) is 18.2 Å². The molecule has 0 heterocycles. The molecule has 0 aliphatic heterocycles. The van der Waals surface area contributed by atoms with Crippen molar-refractivity contribution in [3.8, 4) is 11.1 Å². The minimum absolute atomic E-state index is 0.108. The van der Waals surface area contributed by atoms with Crippen LogP contribution in [0.2, 0.25) is 10.0 Å². The Morgan fingerprint density at radius 3 is 2.38 bits per heavy atom. The summed E-state index contributed by atoms with van der Waals surface area (Å²) < 4.78 is 13.1. The van der Waals surface area contributed by atoms with Crippen molar-refractivity contribution in [2.24, 2.45) is 0 Å². The van der Waals surface area contributed by atoms with Gasteiger partial charge in [-0.15, -0.1) is 0 Å². The lowest BCUT2D eigenvalue weighted by atomic mass is 10.0. The van der Waals surface area contributed by atoms with Crippen molar-refractivity contribution in [2.75, 3.05) is 0 Å². The summed E-state index contributed by atoms with van der Waals surface area (Å²) in [5.41, 5.74) is 2.76. The SMILES string of the molecule is Cc1cccc(Cl)c1-c1ccc(F)c(Cl)c1. The zero-order valence-corrected chi connectivity index (χ0v) is 10.1. The van der Waals surface area contributed by atoms with Crippen LogP contribution in [0.1, 0.15) is 5.56 Å². The Bertz CT molecular complexity index is 515. The molecular weight excluding hydrogens is 246 g/mol. The molecule has 0 unspecified atom stereocenters. The first-order valence-corrected chi connectivity index (χ1v) is 5.55. The Morgan fingerprint density at radius 1 is 1.00 bits per heavy atom. The lowest BCUT2D eigenvalue weighted by molar-refractivity contribution is 0.628. The molecule has 0 bridgehead atoms. The summed E-state index contributed by atoms with van der Waals surface area (Å²) in [6, 6.07) is 10.3. The first-order chi connectivity index (χ1) is 7.59. The van der Waals surface area contributed by atoms with Crippen molar-refractivity contribution >= 4 is 23.2 Å². The van der Waals surface area contributed by atoms with Crippen LogP contribution in [0.15, 0.2) is 36.4 Å². The zero-order chi connectivity index (χ0) is 11.7. The van der Waals surface area contributed by atoms with Gasteiger partial charge < -0.3 is 0 Å². The predicted octanol–water partition coefficient (Wildman–Crippen LogP) is 5.11. The van der Waals surface area contributed by atoms with E-state index in [0.29, 0.717) is 5.02 Å². The third-order valence-corrected chi connectivity index (χ3v) is 3.03. The highest BCUT2D eigenvalue weighted by molar-refractivity contribution is 6.34. The Hall–Kier alpha value is -1.05. The van der Waals surface area contributed by atoms with Gasteiger partial charge in [0, 0.05) is 10.6 Å². The molecule has 0 amide bonds. The van der Waals surface area contributed by atoms with Gasteiger partial charge in [0.2, 0.25) is 0 Å². The van der Waals surface area contributed by atoms with Crippen molar-refractivity contribution in [1.29, 1.82) is 0 Å². The Morgan fingerprint density at radius 2 is 1.75 bits per heavy atom. The van der Waals surface area contributed by atoms with Crippen LogP contribution in [-0.2, 0) is 0 Å². The summed E-state index contributed by atoms with van der Waals surface area (Å²) >= 11 is 11.9. The summed E-state index contributed by atoms with van der Waals surface area (Å²) in [6.45, 7) is 1.96. The quantitative estimate of drug-likeness (QED) is 0.664. The Kier molecular flexibility index (Phi) is 3.17. The lowest BCUT2D eigenvalue weighted by Gasteiger charge is -2.08. The fraction of sp³-hybridized carbons (Fsp3) is 0.0769. The van der Waals surface area contributed by atoms with Crippen LogP contribution in [0, 0.1) is 12.7 Å². The number of hydrogen-bond acceptors (Lipinski definition) is 0. The highest BCUT2D eigenvalue weighted by Gasteiger charge is 2.08. The van der Waals surface area contributed by atoms with Crippen molar-refractivity contribution in [2.45, 2.75) is 6.92 Å². The molecule has 0 aromatic heterocycles. The van der Waals surface area contributed by atoms with Crippen LogP contribution >= 0.6 is 23.2 Å². The van der Waals surface area contributed by atoms with Crippen molar-refractivity contribution in [3.63, 3.8) is 0 Å². The number of benzene rings is 2. The molecule has 0 fully saturated rings. The maximum absolute atomic E-state index is 13.1. The summed E-state index contributed by atoms with van der Waals surface area (Å²) in [7, 11) is 0. The van der Waals surface area contributed by atoms with Gasteiger partial charge >= 0.3 is 0 Å². The van der Waals surface area contributed by atoms with Gasteiger partial charge in [0.1, 0.15) is 5.82 Å². The number of hydrogen-bond donors (Lipinski definition) is 0. The second-order valence-corrected chi connectivity index (χ2v) is 4.38. The average Bonchev–Trinajstić information content (AvgIpc) is 2.23. The van der Waals surface area contributed by atoms with Crippen molar-refractivity contribution < 1.29 is 4.39 Å². The number of aryl methyl sites for hydroxylation is 1. The minimum Gasteiger partial charge on any atom is -0.205 e. The number of halogens is 3. The third kappa shape index (κ3) is 2.06. The molecule has 0 aliphatic rings. The molecule has 0 aliphatic carbocycles. The summed E-state index contributed by atoms with van der Waals surface area (Å²) in [6.07, 6.45) is 0. The highest BCUT2D eigenvalue weighted by atomic mass is 35.5. The van der Waals surface area contributed by atoms with Crippen LogP contribution < -0.4 is 0 Å². The normalized spacial score (nSPS) is 10.5. The molecular formula is C13H9Cl2F. The molecule has 2 rings (SSSR count). The largest absolute Gasteiger partial charge is 0.205 e. The molecule has 16 heavy (non-hydrogen) atoms. The van der Waals surface area contributed by atoms with Gasteiger partial charge in [0.15, 0.2) is 0 Å². The van der Waals surface area contributed by atoms with E-state index in [2.05, 4.69) is 0 Å². The summed E-state index contributed by atoms with van der Waals surface area (Å²) in [5.74, 6) is -0.421. The smallest absolute Gasteiger partial charge is 0.141 e. The van der Waals surface area contributed by atoms with E-state index in [4.69, 9.17) is 23.2 Å². The number of rotatable bonds is 1. The standard InChI is InChI=1S/C13H9Cl2F/c1-8-3-2-4-10(14)13(8)9-5-6-12(16)11(15)7-9/h2-7H,1H3. The summed E-state index contributed by atoms with van der Waals surface area (Å²) in [4.78, 5) is 0. The van der Waals surface area contributed by atoms with Gasteiger partial charge in [-0.2, -0.15) is 0 Å². The van der Waals surface area contributed by atoms with Crippen molar-refractivity contribution in [3.05, 3.63) is 57.8 Å². The first-order valence-electron chi connectivity index (χ1n) is 4.80. The molecule has 82 valence electrons. The second-order valence-electron chi connectivity index (χ2n) is 3.56. The van der Waals surface area contributed by atoms with Gasteiger partial charge in [-0.1, -0.05) is 41.4 Å². The molecule has 0 spiro atoms. The van der Waals surface area contributed by atoms with Gasteiger partial charge in [0.25, 0.3) is 0 Å². The van der Waals surface area contributed by atoms with Crippen LogP contribution in [-0.4, -0.2) is 0 Å². The van der Waals surface area contributed by atoms with E-state index >= 15 is 0 Å². The van der Waals surface area contributed by atoms with Gasteiger partial charge in [0.05, 0.1) is 5.02 Å². The highest BCUT2D eigenvalue weighted by Crippen LogP contribution is 2.32. The molecule has 2 aromatic carbocycles. The fourth-order valence-electron chi connectivity index (χ4n) is 1.65. The topological polar surface area (TPSA) is 0 Å². The molecule has 2 aromatic rings. The molecule has 0 saturated heterocycles. The van der Waals surface area contributed by atoms with Crippen LogP contribution in [0.25, 0.3) is 11.1 Å². The van der Waals surface area contributed by atoms with Crippen LogP contribution in [0.3, 0.4) is 0 Å². The molecule has 3 heteroatoms. The van der Waals surface area contributed by atoms with Gasteiger partial charge in [-0.25, -0.2) is 4.39 Å². The van der Waals surface area contributed by atoms with Gasteiger partial charge in [-0.05, 0) is 36.2 Å². The van der Waals surface area contributed by atoms with Crippen molar-refractivity contribution in [1.82, 2.24) is 0 Å². The molecule has 0 atom stereocenters. The zero-order valence-electron chi connectivity index (χ0n) is 8.60. The maximum atomic E-state index is 13.1.